The summed E-state index contributed by atoms with van der Waals surface area (Å²) in [7, 11) is 2.06. The summed E-state index contributed by atoms with van der Waals surface area (Å²) in [6.45, 7) is 5.39. The van der Waals surface area contributed by atoms with Gasteiger partial charge in [0.15, 0.2) is 0 Å². The first-order chi connectivity index (χ1) is 7.04. The Hall–Kier alpha value is -1.01. The molecular formula is C12H15BrN2. The minimum Gasteiger partial charge on any atom is -0.374 e. The van der Waals surface area contributed by atoms with Crippen LogP contribution < -0.4 is 4.90 Å². The molecule has 0 heterocycles. The SMILES string of the molecule is CC(C)CN(C)c1ccc(C#N)c(Br)c1. The second-order valence-electron chi connectivity index (χ2n) is 4.05. The van der Waals surface area contributed by atoms with Gasteiger partial charge in [-0.2, -0.15) is 5.26 Å². The molecule has 0 amide bonds. The molecule has 0 saturated heterocycles. The average molecular weight is 267 g/mol. The van der Waals surface area contributed by atoms with Crippen LogP contribution in [-0.2, 0) is 0 Å². The number of anilines is 1. The normalized spacial score (nSPS) is 10.1. The summed E-state index contributed by atoms with van der Waals surface area (Å²) >= 11 is 3.39. The second-order valence-corrected chi connectivity index (χ2v) is 4.90. The predicted molar refractivity (Wildman–Crippen MR) is 67.0 cm³/mol. The highest BCUT2D eigenvalue weighted by molar-refractivity contribution is 9.10. The topological polar surface area (TPSA) is 27.0 Å². The van der Waals surface area contributed by atoms with Gasteiger partial charge < -0.3 is 4.90 Å². The van der Waals surface area contributed by atoms with Gasteiger partial charge in [-0.25, -0.2) is 0 Å². The van der Waals surface area contributed by atoms with Gasteiger partial charge in [0.1, 0.15) is 6.07 Å². The molecule has 3 heteroatoms. The van der Waals surface area contributed by atoms with Gasteiger partial charge in [-0.05, 0) is 40.0 Å². The van der Waals surface area contributed by atoms with E-state index in [1.54, 1.807) is 0 Å². The molecule has 0 N–H and O–H groups in total. The molecule has 0 radical (unpaired) electrons. The molecule has 0 aromatic heterocycles. The van der Waals surface area contributed by atoms with Gasteiger partial charge in [0.05, 0.1) is 5.56 Å². The smallest absolute Gasteiger partial charge is 0.100 e. The molecule has 0 atom stereocenters. The molecule has 1 aromatic carbocycles. The molecule has 0 aliphatic carbocycles. The minimum atomic E-state index is 0.629. The molecule has 15 heavy (non-hydrogen) atoms. The van der Waals surface area contributed by atoms with Crippen LogP contribution in [0.25, 0.3) is 0 Å². The Morgan fingerprint density at radius 3 is 2.60 bits per heavy atom. The van der Waals surface area contributed by atoms with E-state index < -0.39 is 0 Å². The maximum Gasteiger partial charge on any atom is 0.100 e. The maximum absolute atomic E-state index is 8.80. The van der Waals surface area contributed by atoms with Gasteiger partial charge in [-0.1, -0.05) is 13.8 Å². The predicted octanol–water partition coefficient (Wildman–Crippen LogP) is 3.41. The van der Waals surface area contributed by atoms with Crippen LogP contribution in [0.15, 0.2) is 22.7 Å². The molecule has 2 nitrogen and oxygen atoms in total. The number of rotatable bonds is 3. The van der Waals surface area contributed by atoms with E-state index in [2.05, 4.69) is 47.8 Å². The van der Waals surface area contributed by atoms with E-state index in [-0.39, 0.29) is 0 Å². The fourth-order valence-corrected chi connectivity index (χ4v) is 1.94. The van der Waals surface area contributed by atoms with Crippen LogP contribution in [0, 0.1) is 17.2 Å². The first kappa shape index (κ1) is 12.1. The van der Waals surface area contributed by atoms with E-state index in [1.807, 2.05) is 18.2 Å². The molecule has 1 rings (SSSR count). The van der Waals surface area contributed by atoms with Crippen molar-refractivity contribution in [2.75, 3.05) is 18.5 Å². The van der Waals surface area contributed by atoms with E-state index in [4.69, 9.17) is 5.26 Å². The van der Waals surface area contributed by atoms with Crippen molar-refractivity contribution in [1.29, 1.82) is 5.26 Å². The monoisotopic (exact) mass is 266 g/mol. The Morgan fingerprint density at radius 1 is 1.47 bits per heavy atom. The standard InChI is InChI=1S/C12H15BrN2/c1-9(2)8-15(3)11-5-4-10(7-14)12(13)6-11/h4-6,9H,8H2,1-3H3. The second kappa shape index (κ2) is 5.18. The van der Waals surface area contributed by atoms with Crippen LogP contribution in [0.5, 0.6) is 0 Å². The molecule has 0 bridgehead atoms. The third-order valence-corrected chi connectivity index (χ3v) is 2.81. The summed E-state index contributed by atoms with van der Waals surface area (Å²) < 4.78 is 0.859. The molecule has 0 saturated carbocycles. The molecular weight excluding hydrogens is 252 g/mol. The van der Waals surface area contributed by atoms with Crippen molar-refractivity contribution in [3.05, 3.63) is 28.2 Å². The summed E-state index contributed by atoms with van der Waals surface area (Å²) in [5, 5.41) is 8.80. The lowest BCUT2D eigenvalue weighted by molar-refractivity contribution is 0.638. The van der Waals surface area contributed by atoms with Crippen LogP contribution >= 0.6 is 15.9 Å². The third kappa shape index (κ3) is 3.24. The van der Waals surface area contributed by atoms with Crippen molar-refractivity contribution in [1.82, 2.24) is 0 Å². The molecule has 0 aliphatic heterocycles. The molecule has 0 fully saturated rings. The number of nitrogens with zero attached hydrogens (tertiary/aromatic N) is 2. The first-order valence-corrected chi connectivity index (χ1v) is 5.74. The Kier molecular flexibility index (Phi) is 4.16. The lowest BCUT2D eigenvalue weighted by atomic mass is 10.1. The average Bonchev–Trinajstić information content (AvgIpc) is 2.16. The van der Waals surface area contributed by atoms with Crippen molar-refractivity contribution in [2.24, 2.45) is 5.92 Å². The fourth-order valence-electron chi connectivity index (χ4n) is 1.49. The number of halogens is 1. The largest absolute Gasteiger partial charge is 0.374 e. The van der Waals surface area contributed by atoms with Gasteiger partial charge in [0, 0.05) is 23.8 Å². The zero-order chi connectivity index (χ0) is 11.4. The fraction of sp³-hybridized carbons (Fsp3) is 0.417. The van der Waals surface area contributed by atoms with Crippen molar-refractivity contribution in [3.8, 4) is 6.07 Å². The van der Waals surface area contributed by atoms with E-state index in [9.17, 15) is 0 Å². The van der Waals surface area contributed by atoms with Crippen molar-refractivity contribution in [3.63, 3.8) is 0 Å². The highest BCUT2D eigenvalue weighted by Crippen LogP contribution is 2.23. The Morgan fingerprint density at radius 2 is 2.13 bits per heavy atom. The third-order valence-electron chi connectivity index (χ3n) is 2.15. The zero-order valence-electron chi connectivity index (χ0n) is 9.29. The summed E-state index contributed by atoms with van der Waals surface area (Å²) in [5.41, 5.74) is 1.81. The number of nitriles is 1. The summed E-state index contributed by atoms with van der Waals surface area (Å²) in [6.07, 6.45) is 0. The van der Waals surface area contributed by atoms with Gasteiger partial charge in [-0.3, -0.25) is 0 Å². The molecule has 0 spiro atoms. The molecule has 80 valence electrons. The zero-order valence-corrected chi connectivity index (χ0v) is 10.9. The van der Waals surface area contributed by atoms with Crippen LogP contribution in [0.1, 0.15) is 19.4 Å². The summed E-state index contributed by atoms with van der Waals surface area (Å²) in [6, 6.07) is 7.95. The maximum atomic E-state index is 8.80. The molecule has 0 unspecified atom stereocenters. The van der Waals surface area contributed by atoms with Crippen LogP contribution in [0.3, 0.4) is 0 Å². The van der Waals surface area contributed by atoms with Crippen molar-refractivity contribution in [2.45, 2.75) is 13.8 Å². The van der Waals surface area contributed by atoms with Gasteiger partial charge in [0.2, 0.25) is 0 Å². The van der Waals surface area contributed by atoms with Crippen molar-refractivity contribution >= 4 is 21.6 Å². The quantitative estimate of drug-likeness (QED) is 0.839. The van der Waals surface area contributed by atoms with Crippen molar-refractivity contribution < 1.29 is 0 Å². The Bertz CT molecular complexity index is 380. The van der Waals surface area contributed by atoms with Gasteiger partial charge >= 0.3 is 0 Å². The molecule has 1 aromatic rings. The van der Waals surface area contributed by atoms with E-state index in [0.29, 0.717) is 11.5 Å². The Balaban J connectivity index is 2.88. The summed E-state index contributed by atoms with van der Waals surface area (Å²) in [5.74, 6) is 0.629. The summed E-state index contributed by atoms with van der Waals surface area (Å²) in [4.78, 5) is 2.19. The lowest BCUT2D eigenvalue weighted by Gasteiger charge is -2.21. The highest BCUT2D eigenvalue weighted by atomic mass is 79.9. The minimum absolute atomic E-state index is 0.629. The number of hydrogen-bond acceptors (Lipinski definition) is 2. The van der Waals surface area contributed by atoms with Gasteiger partial charge in [-0.15, -0.1) is 0 Å². The van der Waals surface area contributed by atoms with E-state index >= 15 is 0 Å². The van der Waals surface area contributed by atoms with E-state index in [1.165, 1.54) is 0 Å². The number of hydrogen-bond donors (Lipinski definition) is 0. The highest BCUT2D eigenvalue weighted by Gasteiger charge is 2.06. The molecule has 0 aliphatic rings. The Labute approximate surface area is 99.6 Å². The van der Waals surface area contributed by atoms with Crippen LogP contribution in [0.2, 0.25) is 0 Å². The van der Waals surface area contributed by atoms with E-state index in [0.717, 1.165) is 16.7 Å². The lowest BCUT2D eigenvalue weighted by Crippen LogP contribution is -2.22. The van der Waals surface area contributed by atoms with Crippen LogP contribution in [0.4, 0.5) is 5.69 Å². The van der Waals surface area contributed by atoms with Gasteiger partial charge in [0.25, 0.3) is 0 Å². The number of benzene rings is 1. The first-order valence-electron chi connectivity index (χ1n) is 4.95. The van der Waals surface area contributed by atoms with Crippen LogP contribution in [-0.4, -0.2) is 13.6 Å².